The van der Waals surface area contributed by atoms with Crippen molar-refractivity contribution in [2.75, 3.05) is 70.7 Å². The summed E-state index contributed by atoms with van der Waals surface area (Å²) < 4.78 is 52.4. The first kappa shape index (κ1) is 36.0. The molecule has 0 aliphatic carbocycles. The van der Waals surface area contributed by atoms with Crippen molar-refractivity contribution in [3.05, 3.63) is 48.5 Å². The fraction of sp³-hybridized carbons (Fsp3) is 0.471. The summed E-state index contributed by atoms with van der Waals surface area (Å²) in [6, 6.07) is 8.18. The SMILES string of the molecule is CCCC(=O)N1CCCN(c2nc(N)c3cc(OC)c(OC)cc3n2)CC1.C[C@H]1CNCCCN1S(=O)(=O)c1cccc2cncc(F)c12. The topological polar surface area (TPSA) is 156 Å². The number of hydrogen-bond donors (Lipinski definition) is 2. The summed E-state index contributed by atoms with van der Waals surface area (Å²) in [4.78, 5) is 29.2. The highest BCUT2D eigenvalue weighted by Crippen LogP contribution is 2.34. The Hall–Kier alpha value is -4.34. The van der Waals surface area contributed by atoms with E-state index in [0.717, 1.165) is 50.5 Å². The first-order valence-corrected chi connectivity index (χ1v) is 18.0. The van der Waals surface area contributed by atoms with Gasteiger partial charge in [-0.2, -0.15) is 9.29 Å². The van der Waals surface area contributed by atoms with Gasteiger partial charge in [-0.1, -0.05) is 19.1 Å². The summed E-state index contributed by atoms with van der Waals surface area (Å²) in [7, 11) is -0.588. The minimum absolute atomic E-state index is 0.0126. The molecule has 0 unspecified atom stereocenters. The van der Waals surface area contributed by atoms with Gasteiger partial charge in [-0.15, -0.1) is 0 Å². The lowest BCUT2D eigenvalue weighted by Gasteiger charge is -2.26. The number of anilines is 2. The van der Waals surface area contributed by atoms with Crippen molar-refractivity contribution < 1.29 is 27.1 Å². The van der Waals surface area contributed by atoms with Crippen LogP contribution in [0, 0.1) is 5.82 Å². The molecule has 13 nitrogen and oxygen atoms in total. The zero-order valence-corrected chi connectivity index (χ0v) is 29.3. The van der Waals surface area contributed by atoms with Gasteiger partial charge in [0, 0.05) is 80.2 Å². The summed E-state index contributed by atoms with van der Waals surface area (Å²) >= 11 is 0. The van der Waals surface area contributed by atoms with Gasteiger partial charge in [0.15, 0.2) is 17.3 Å². The van der Waals surface area contributed by atoms with Gasteiger partial charge in [-0.05, 0) is 44.9 Å². The summed E-state index contributed by atoms with van der Waals surface area (Å²) in [5, 5.41) is 4.54. The molecule has 2 saturated heterocycles. The minimum Gasteiger partial charge on any atom is -0.493 e. The molecule has 1 atom stereocenters. The number of nitrogen functional groups attached to an aromatic ring is 1. The number of aromatic nitrogens is 3. The van der Waals surface area contributed by atoms with Crippen LogP contribution in [-0.4, -0.2) is 105 Å². The number of benzene rings is 2. The number of halogens is 1. The van der Waals surface area contributed by atoms with E-state index in [1.165, 1.54) is 16.6 Å². The number of rotatable bonds is 7. The molecule has 3 N–H and O–H groups in total. The molecule has 2 aliphatic heterocycles. The number of amides is 1. The number of hydrogen-bond acceptors (Lipinski definition) is 11. The fourth-order valence-electron chi connectivity index (χ4n) is 6.20. The van der Waals surface area contributed by atoms with E-state index in [2.05, 4.69) is 25.2 Å². The summed E-state index contributed by atoms with van der Waals surface area (Å²) in [6.07, 6.45) is 5.61. The predicted molar refractivity (Wildman–Crippen MR) is 188 cm³/mol. The largest absolute Gasteiger partial charge is 0.493 e. The predicted octanol–water partition coefficient (Wildman–Crippen LogP) is 3.81. The highest BCUT2D eigenvalue weighted by atomic mass is 32.2. The molecule has 264 valence electrons. The standard InChI is InChI=1S/C19H27N5O3.C15H18FN3O2S/c1-4-6-17(25)23-7-5-8-24(10-9-23)19-21-14-12-16(27-3)15(26-2)11-13(14)18(20)22-19;1-11-8-17-6-3-7-19(11)22(20,21)14-5-2-4-12-9-18-10-13(16)15(12)14/h11-12H,4-10H2,1-3H3,(H2,20,21,22);2,4-5,9-11,17H,3,6-8H2,1H3/t;11-/m.0/s1. The molecule has 0 radical (unpaired) electrons. The Balaban J connectivity index is 0.000000195. The Labute approximate surface area is 286 Å². The molecule has 6 rings (SSSR count). The van der Waals surface area contributed by atoms with Crippen molar-refractivity contribution in [1.29, 1.82) is 0 Å². The van der Waals surface area contributed by atoms with Crippen LogP contribution in [0.15, 0.2) is 47.6 Å². The second-order valence-corrected chi connectivity index (χ2v) is 14.0. The molecule has 15 heteroatoms. The number of fused-ring (bicyclic) bond motifs is 2. The van der Waals surface area contributed by atoms with Crippen molar-refractivity contribution in [1.82, 2.24) is 29.5 Å². The molecule has 0 saturated carbocycles. The number of nitrogens with two attached hydrogens (primary N) is 1. The van der Waals surface area contributed by atoms with Crippen LogP contribution in [0.3, 0.4) is 0 Å². The van der Waals surface area contributed by atoms with Crippen molar-refractivity contribution in [2.24, 2.45) is 0 Å². The number of ether oxygens (including phenoxy) is 2. The van der Waals surface area contributed by atoms with Crippen molar-refractivity contribution in [2.45, 2.75) is 50.5 Å². The Morgan fingerprint density at radius 1 is 1.04 bits per heavy atom. The van der Waals surface area contributed by atoms with Crippen LogP contribution in [0.4, 0.5) is 16.2 Å². The summed E-state index contributed by atoms with van der Waals surface area (Å²) in [5.74, 6) is 1.78. The van der Waals surface area contributed by atoms with Crippen LogP contribution < -0.4 is 25.4 Å². The van der Waals surface area contributed by atoms with Gasteiger partial charge >= 0.3 is 0 Å². The third-order valence-corrected chi connectivity index (χ3v) is 10.8. The average molecular weight is 697 g/mol. The number of carbonyl (C=O) groups is 1. The Bertz CT molecular complexity index is 1890. The quantitative estimate of drug-likeness (QED) is 0.290. The third-order valence-electron chi connectivity index (χ3n) is 8.76. The van der Waals surface area contributed by atoms with E-state index < -0.39 is 15.8 Å². The monoisotopic (exact) mass is 696 g/mol. The first-order valence-electron chi connectivity index (χ1n) is 16.6. The number of carbonyl (C=O) groups excluding carboxylic acids is 1. The number of methoxy groups -OCH3 is 2. The molecule has 49 heavy (non-hydrogen) atoms. The number of nitrogens with zero attached hydrogens (tertiary/aromatic N) is 6. The maximum absolute atomic E-state index is 14.2. The van der Waals surface area contributed by atoms with E-state index in [1.54, 1.807) is 32.4 Å². The highest BCUT2D eigenvalue weighted by Gasteiger charge is 2.32. The molecule has 2 aliphatic rings. The number of nitrogens with one attached hydrogen (secondary N) is 1. The second-order valence-electron chi connectivity index (χ2n) is 12.1. The number of pyridine rings is 1. The Morgan fingerprint density at radius 3 is 2.57 bits per heavy atom. The maximum Gasteiger partial charge on any atom is 0.244 e. The Morgan fingerprint density at radius 2 is 1.82 bits per heavy atom. The van der Waals surface area contributed by atoms with Crippen LogP contribution >= 0.6 is 0 Å². The molecular weight excluding hydrogens is 651 g/mol. The molecule has 1 amide bonds. The molecule has 0 spiro atoms. The van der Waals surface area contributed by atoms with E-state index in [-0.39, 0.29) is 22.2 Å². The van der Waals surface area contributed by atoms with Crippen LogP contribution in [0.1, 0.15) is 39.5 Å². The van der Waals surface area contributed by atoms with Gasteiger partial charge in [0.05, 0.1) is 30.8 Å². The molecule has 0 bridgehead atoms. The lowest BCUT2D eigenvalue weighted by molar-refractivity contribution is -0.131. The van der Waals surface area contributed by atoms with E-state index in [1.807, 2.05) is 24.8 Å². The minimum atomic E-state index is -3.76. The molecule has 4 aromatic rings. The second kappa shape index (κ2) is 15.9. The van der Waals surface area contributed by atoms with Crippen LogP contribution in [0.2, 0.25) is 0 Å². The van der Waals surface area contributed by atoms with Gasteiger partial charge in [0.2, 0.25) is 21.9 Å². The van der Waals surface area contributed by atoms with Gasteiger partial charge in [-0.25, -0.2) is 17.8 Å². The smallest absolute Gasteiger partial charge is 0.244 e. The summed E-state index contributed by atoms with van der Waals surface area (Å²) in [6.45, 7) is 8.60. The normalized spacial score (nSPS) is 17.6. The number of sulfonamides is 1. The van der Waals surface area contributed by atoms with Gasteiger partial charge in [0.25, 0.3) is 0 Å². The van der Waals surface area contributed by atoms with Crippen LogP contribution in [0.25, 0.3) is 21.7 Å². The van der Waals surface area contributed by atoms with E-state index in [4.69, 9.17) is 15.2 Å². The van der Waals surface area contributed by atoms with Gasteiger partial charge in [-0.3, -0.25) is 9.78 Å². The van der Waals surface area contributed by atoms with Crippen LogP contribution in [0.5, 0.6) is 11.5 Å². The van der Waals surface area contributed by atoms with Crippen molar-refractivity contribution in [3.63, 3.8) is 0 Å². The maximum atomic E-state index is 14.2. The zero-order chi connectivity index (χ0) is 35.1. The third kappa shape index (κ3) is 7.94. The fourth-order valence-corrected chi connectivity index (χ4v) is 8.09. The van der Waals surface area contributed by atoms with Crippen LogP contribution in [-0.2, 0) is 14.8 Å². The lowest BCUT2D eigenvalue weighted by Crippen LogP contribution is -2.41. The Kier molecular flexibility index (Phi) is 11.7. The van der Waals surface area contributed by atoms with E-state index in [9.17, 15) is 17.6 Å². The average Bonchev–Trinajstić information content (AvgIpc) is 3.49. The first-order chi connectivity index (χ1) is 23.6. The molecule has 4 heterocycles. The van der Waals surface area contributed by atoms with Crippen molar-refractivity contribution >= 4 is 49.4 Å². The molecular formula is C34H45FN8O5S. The molecule has 2 fully saturated rings. The highest BCUT2D eigenvalue weighted by molar-refractivity contribution is 7.89. The van der Waals surface area contributed by atoms with E-state index in [0.29, 0.717) is 66.8 Å². The van der Waals surface area contributed by atoms with Gasteiger partial charge < -0.3 is 30.3 Å². The lowest BCUT2D eigenvalue weighted by atomic mass is 10.2. The summed E-state index contributed by atoms with van der Waals surface area (Å²) in [5.41, 5.74) is 6.90. The van der Waals surface area contributed by atoms with E-state index >= 15 is 0 Å². The molecule has 2 aromatic carbocycles. The van der Waals surface area contributed by atoms with Gasteiger partial charge in [0.1, 0.15) is 5.82 Å². The molecule has 2 aromatic heterocycles. The zero-order valence-electron chi connectivity index (χ0n) is 28.5. The van der Waals surface area contributed by atoms with Crippen molar-refractivity contribution in [3.8, 4) is 11.5 Å².